The topological polar surface area (TPSA) is 87.3 Å². The quantitative estimate of drug-likeness (QED) is 0.672. The van der Waals surface area contributed by atoms with Crippen molar-refractivity contribution < 1.29 is 18.8 Å². The highest BCUT2D eigenvalue weighted by atomic mass is 19.1. The molecule has 1 aliphatic carbocycles. The molecule has 6 nitrogen and oxygen atoms in total. The lowest BCUT2D eigenvalue weighted by atomic mass is 9.67. The second-order valence-corrected chi connectivity index (χ2v) is 8.85. The zero-order valence-electron chi connectivity index (χ0n) is 18.1. The maximum atomic E-state index is 13.1. The number of carbonyl (C=O) groups is 3. The summed E-state index contributed by atoms with van der Waals surface area (Å²) in [4.78, 5) is 37.2. The molecule has 1 spiro atoms. The number of nitrogens with one attached hydrogen (secondary N) is 3. The predicted molar refractivity (Wildman–Crippen MR) is 118 cm³/mol. The van der Waals surface area contributed by atoms with Crippen molar-refractivity contribution in [1.82, 2.24) is 16.0 Å². The van der Waals surface area contributed by atoms with Gasteiger partial charge in [0.25, 0.3) is 5.91 Å². The SMILES string of the molecule is CC(NC(=O)c1ccc(F)cc1)C(=O)N[C@H]1CC[C@]2(CCC(=O)N2)[C@@H](c2ccccc2)C1. The summed E-state index contributed by atoms with van der Waals surface area (Å²) < 4.78 is 13.1. The summed E-state index contributed by atoms with van der Waals surface area (Å²) in [7, 11) is 0. The van der Waals surface area contributed by atoms with Gasteiger partial charge < -0.3 is 16.0 Å². The molecule has 2 aromatic carbocycles. The highest BCUT2D eigenvalue weighted by Gasteiger charge is 2.48. The van der Waals surface area contributed by atoms with E-state index in [1.807, 2.05) is 18.2 Å². The van der Waals surface area contributed by atoms with Crippen molar-refractivity contribution in [2.75, 3.05) is 0 Å². The van der Waals surface area contributed by atoms with E-state index in [4.69, 9.17) is 0 Å². The van der Waals surface area contributed by atoms with Gasteiger partial charge in [0.2, 0.25) is 11.8 Å². The molecule has 3 N–H and O–H groups in total. The third-order valence-electron chi connectivity index (χ3n) is 6.71. The van der Waals surface area contributed by atoms with Gasteiger partial charge in [-0.2, -0.15) is 0 Å². The van der Waals surface area contributed by atoms with Crippen LogP contribution >= 0.6 is 0 Å². The number of benzene rings is 2. The smallest absolute Gasteiger partial charge is 0.251 e. The van der Waals surface area contributed by atoms with Gasteiger partial charge in [0.05, 0.1) is 0 Å². The van der Waals surface area contributed by atoms with Crippen molar-refractivity contribution in [3.05, 3.63) is 71.5 Å². The first kappa shape index (κ1) is 22.0. The predicted octanol–water partition coefficient (Wildman–Crippen LogP) is 3.05. The second-order valence-electron chi connectivity index (χ2n) is 8.85. The Hall–Kier alpha value is -3.22. The van der Waals surface area contributed by atoms with Crippen LogP contribution in [0.25, 0.3) is 0 Å². The lowest BCUT2D eigenvalue weighted by Gasteiger charge is -2.45. The molecule has 4 rings (SSSR count). The summed E-state index contributed by atoms with van der Waals surface area (Å²) >= 11 is 0. The van der Waals surface area contributed by atoms with Crippen molar-refractivity contribution in [3.63, 3.8) is 0 Å². The Morgan fingerprint density at radius 2 is 1.81 bits per heavy atom. The molecule has 0 radical (unpaired) electrons. The molecule has 32 heavy (non-hydrogen) atoms. The van der Waals surface area contributed by atoms with Crippen LogP contribution in [-0.2, 0) is 9.59 Å². The molecule has 1 unspecified atom stereocenters. The first-order valence-electron chi connectivity index (χ1n) is 11.1. The maximum Gasteiger partial charge on any atom is 0.251 e. The number of hydrogen-bond acceptors (Lipinski definition) is 3. The largest absolute Gasteiger partial charge is 0.352 e. The Balaban J connectivity index is 1.40. The van der Waals surface area contributed by atoms with Gasteiger partial charge in [-0.25, -0.2) is 4.39 Å². The van der Waals surface area contributed by atoms with Crippen LogP contribution in [0.4, 0.5) is 4.39 Å². The minimum Gasteiger partial charge on any atom is -0.352 e. The summed E-state index contributed by atoms with van der Waals surface area (Å²) in [5.74, 6) is -0.910. The minimum atomic E-state index is -0.732. The molecular formula is C25H28FN3O3. The van der Waals surface area contributed by atoms with E-state index in [2.05, 4.69) is 28.1 Å². The summed E-state index contributed by atoms with van der Waals surface area (Å²) in [5.41, 5.74) is 1.19. The average Bonchev–Trinajstić information content (AvgIpc) is 3.17. The zero-order chi connectivity index (χ0) is 22.7. The van der Waals surface area contributed by atoms with Crippen LogP contribution in [0, 0.1) is 5.82 Å². The summed E-state index contributed by atoms with van der Waals surface area (Å²) in [5, 5.41) is 8.97. The van der Waals surface area contributed by atoms with Gasteiger partial charge in [-0.1, -0.05) is 30.3 Å². The van der Waals surface area contributed by atoms with E-state index in [1.54, 1.807) is 6.92 Å². The molecule has 2 aliphatic rings. The molecule has 4 atom stereocenters. The summed E-state index contributed by atoms with van der Waals surface area (Å²) in [6.07, 6.45) is 3.60. The number of carbonyl (C=O) groups excluding carboxylic acids is 3. The molecule has 2 fully saturated rings. The third kappa shape index (κ3) is 4.66. The fourth-order valence-corrected chi connectivity index (χ4v) is 4.97. The molecule has 1 heterocycles. The molecule has 168 valence electrons. The maximum absolute atomic E-state index is 13.1. The van der Waals surface area contributed by atoms with Gasteiger partial charge in [0, 0.05) is 29.5 Å². The highest BCUT2D eigenvalue weighted by molar-refractivity contribution is 5.97. The first-order valence-corrected chi connectivity index (χ1v) is 11.1. The van der Waals surface area contributed by atoms with E-state index >= 15 is 0 Å². The minimum absolute atomic E-state index is 0.0546. The third-order valence-corrected chi connectivity index (χ3v) is 6.71. The van der Waals surface area contributed by atoms with E-state index in [0.717, 1.165) is 24.8 Å². The van der Waals surface area contributed by atoms with Gasteiger partial charge in [-0.05, 0) is 62.4 Å². The summed E-state index contributed by atoms with van der Waals surface area (Å²) in [6.45, 7) is 1.63. The van der Waals surface area contributed by atoms with Crippen LogP contribution in [0.3, 0.4) is 0 Å². The van der Waals surface area contributed by atoms with Crippen molar-refractivity contribution >= 4 is 17.7 Å². The zero-order valence-corrected chi connectivity index (χ0v) is 18.1. The monoisotopic (exact) mass is 437 g/mol. The van der Waals surface area contributed by atoms with Crippen molar-refractivity contribution in [2.24, 2.45) is 0 Å². The Morgan fingerprint density at radius 1 is 1.09 bits per heavy atom. The first-order chi connectivity index (χ1) is 15.4. The summed E-state index contributed by atoms with van der Waals surface area (Å²) in [6, 6.07) is 14.5. The van der Waals surface area contributed by atoms with Gasteiger partial charge in [0.1, 0.15) is 11.9 Å². The van der Waals surface area contributed by atoms with Crippen molar-refractivity contribution in [3.8, 4) is 0 Å². The average molecular weight is 438 g/mol. The molecular weight excluding hydrogens is 409 g/mol. The molecule has 1 aliphatic heterocycles. The van der Waals surface area contributed by atoms with E-state index in [9.17, 15) is 18.8 Å². The number of amides is 3. The fraction of sp³-hybridized carbons (Fsp3) is 0.400. The van der Waals surface area contributed by atoms with E-state index in [0.29, 0.717) is 18.4 Å². The molecule has 7 heteroatoms. The van der Waals surface area contributed by atoms with Crippen LogP contribution in [-0.4, -0.2) is 35.3 Å². The fourth-order valence-electron chi connectivity index (χ4n) is 4.97. The van der Waals surface area contributed by atoms with Crippen LogP contribution in [0.2, 0.25) is 0 Å². The molecule has 0 aromatic heterocycles. The highest BCUT2D eigenvalue weighted by Crippen LogP contribution is 2.45. The number of hydrogen-bond donors (Lipinski definition) is 3. The Bertz CT molecular complexity index is 995. The van der Waals surface area contributed by atoms with E-state index < -0.39 is 17.8 Å². The van der Waals surface area contributed by atoms with Gasteiger partial charge >= 0.3 is 0 Å². The van der Waals surface area contributed by atoms with E-state index in [1.165, 1.54) is 24.3 Å². The van der Waals surface area contributed by atoms with Crippen LogP contribution in [0.1, 0.15) is 60.9 Å². The van der Waals surface area contributed by atoms with E-state index in [-0.39, 0.29) is 29.3 Å². The Kier molecular flexibility index (Phi) is 6.26. The lowest BCUT2D eigenvalue weighted by Crippen LogP contribution is -2.55. The van der Waals surface area contributed by atoms with Gasteiger partial charge in [-0.3, -0.25) is 14.4 Å². The molecule has 1 saturated carbocycles. The molecule has 1 saturated heterocycles. The van der Waals surface area contributed by atoms with Crippen LogP contribution in [0.15, 0.2) is 54.6 Å². The van der Waals surface area contributed by atoms with Gasteiger partial charge in [-0.15, -0.1) is 0 Å². The Morgan fingerprint density at radius 3 is 2.47 bits per heavy atom. The van der Waals surface area contributed by atoms with Crippen molar-refractivity contribution in [1.29, 1.82) is 0 Å². The van der Waals surface area contributed by atoms with Crippen molar-refractivity contribution in [2.45, 2.75) is 62.6 Å². The van der Waals surface area contributed by atoms with Crippen LogP contribution in [0.5, 0.6) is 0 Å². The molecule has 0 bridgehead atoms. The van der Waals surface area contributed by atoms with Gasteiger partial charge in [0.15, 0.2) is 0 Å². The number of rotatable bonds is 5. The standard InChI is InChI=1S/C25H28FN3O3/c1-16(27-24(32)18-7-9-19(26)10-8-18)23(31)28-20-11-13-25(14-12-22(30)29-25)21(15-20)17-5-3-2-4-6-17/h2-10,16,20-21H,11-15H2,1H3,(H,27,32)(H,28,31)(H,29,30)/t16?,20-,21+,25-/m0/s1. The number of halogens is 1. The lowest BCUT2D eigenvalue weighted by molar-refractivity contribution is -0.124. The molecule has 2 aromatic rings. The Labute approximate surface area is 187 Å². The second kappa shape index (κ2) is 9.10. The normalized spacial score (nSPS) is 25.8. The van der Waals surface area contributed by atoms with Crippen LogP contribution < -0.4 is 16.0 Å². The molecule has 3 amide bonds.